The van der Waals surface area contributed by atoms with Gasteiger partial charge in [0.25, 0.3) is 11.7 Å². The molecule has 1 aliphatic rings. The van der Waals surface area contributed by atoms with Crippen LogP contribution in [0.25, 0.3) is 5.76 Å². The van der Waals surface area contributed by atoms with Gasteiger partial charge in [0.05, 0.1) is 25.3 Å². The third-order valence-corrected chi connectivity index (χ3v) is 6.45. The molecule has 0 aromatic heterocycles. The zero-order valence-corrected chi connectivity index (χ0v) is 22.3. The highest BCUT2D eigenvalue weighted by molar-refractivity contribution is 6.46. The summed E-state index contributed by atoms with van der Waals surface area (Å²) in [6, 6.07) is 10.4. The number of hydrogen-bond acceptors (Lipinski definition) is 6. The molecule has 1 atom stereocenters. The number of carbonyl (C=O) groups is 2. The molecule has 0 saturated carbocycles. The molecule has 0 bridgehead atoms. The zero-order chi connectivity index (χ0) is 26.4. The maximum absolute atomic E-state index is 13.3. The minimum Gasteiger partial charge on any atom is -0.507 e. The second kappa shape index (κ2) is 12.1. The second-order valence-corrected chi connectivity index (χ2v) is 9.58. The third kappa shape index (κ3) is 5.90. The summed E-state index contributed by atoms with van der Waals surface area (Å²) in [7, 11) is 5.50. The van der Waals surface area contributed by atoms with E-state index in [1.807, 2.05) is 63.2 Å². The fraction of sp³-hybridized carbons (Fsp3) is 0.448. The maximum atomic E-state index is 13.3. The number of nitrogens with zero attached hydrogens (tertiary/aromatic N) is 2. The molecule has 2 aromatic carbocycles. The minimum atomic E-state index is -0.731. The van der Waals surface area contributed by atoms with E-state index in [0.717, 1.165) is 30.5 Å². The first-order valence-electron chi connectivity index (χ1n) is 12.5. The average molecular weight is 495 g/mol. The van der Waals surface area contributed by atoms with Crippen LogP contribution < -0.4 is 9.47 Å². The highest BCUT2D eigenvalue weighted by atomic mass is 16.5. The number of methoxy groups -OCH3 is 1. The van der Waals surface area contributed by atoms with Crippen LogP contribution in [0.2, 0.25) is 0 Å². The molecule has 1 heterocycles. The average Bonchev–Trinajstić information content (AvgIpc) is 3.10. The Kier molecular flexibility index (Phi) is 9.15. The lowest BCUT2D eigenvalue weighted by Gasteiger charge is -2.26. The van der Waals surface area contributed by atoms with Crippen molar-refractivity contribution in [1.82, 2.24) is 9.80 Å². The van der Waals surface area contributed by atoms with Crippen molar-refractivity contribution in [2.75, 3.05) is 40.9 Å². The smallest absolute Gasteiger partial charge is 0.295 e. The lowest BCUT2D eigenvalue weighted by molar-refractivity contribution is -0.139. The summed E-state index contributed by atoms with van der Waals surface area (Å²) >= 11 is 0. The third-order valence-electron chi connectivity index (χ3n) is 6.45. The van der Waals surface area contributed by atoms with Crippen LogP contribution >= 0.6 is 0 Å². The fourth-order valence-corrected chi connectivity index (χ4v) is 4.45. The molecule has 0 aliphatic carbocycles. The number of likely N-dealkylation sites (tertiary alicyclic amines) is 1. The lowest BCUT2D eigenvalue weighted by Crippen LogP contribution is -2.32. The molecule has 0 spiro atoms. The largest absolute Gasteiger partial charge is 0.507 e. The quantitative estimate of drug-likeness (QED) is 0.208. The molecule has 1 fully saturated rings. The van der Waals surface area contributed by atoms with Gasteiger partial charge >= 0.3 is 0 Å². The number of aliphatic hydroxyl groups excluding tert-OH is 1. The monoisotopic (exact) mass is 494 g/mol. The number of unbranched alkanes of at least 4 members (excludes halogenated alkanes) is 1. The van der Waals surface area contributed by atoms with E-state index in [0.29, 0.717) is 42.2 Å². The number of hydrogen-bond donors (Lipinski definition) is 1. The highest BCUT2D eigenvalue weighted by Crippen LogP contribution is 2.42. The van der Waals surface area contributed by atoms with Crippen LogP contribution in [0.4, 0.5) is 0 Å². The number of rotatable bonds is 11. The van der Waals surface area contributed by atoms with Crippen LogP contribution in [0.3, 0.4) is 0 Å². The summed E-state index contributed by atoms with van der Waals surface area (Å²) in [5.41, 5.74) is 3.12. The van der Waals surface area contributed by atoms with Gasteiger partial charge in [-0.1, -0.05) is 37.1 Å². The van der Waals surface area contributed by atoms with E-state index in [9.17, 15) is 14.7 Å². The predicted octanol–water partition coefficient (Wildman–Crippen LogP) is 4.86. The summed E-state index contributed by atoms with van der Waals surface area (Å²) in [4.78, 5) is 30.1. The van der Waals surface area contributed by atoms with E-state index in [2.05, 4.69) is 6.92 Å². The normalized spacial score (nSPS) is 17.2. The number of aliphatic hydroxyl groups is 1. The molecule has 7 heteroatoms. The van der Waals surface area contributed by atoms with Crippen molar-refractivity contribution in [1.29, 1.82) is 0 Å². The van der Waals surface area contributed by atoms with Crippen LogP contribution in [-0.4, -0.2) is 67.5 Å². The summed E-state index contributed by atoms with van der Waals surface area (Å²) < 4.78 is 11.5. The molecule has 1 amide bonds. The number of aryl methyl sites for hydroxylation is 2. The Hall–Kier alpha value is -3.32. The Morgan fingerprint density at radius 3 is 2.47 bits per heavy atom. The molecule has 3 rings (SSSR count). The summed E-state index contributed by atoms with van der Waals surface area (Å²) in [5.74, 6) is -0.307. The van der Waals surface area contributed by atoms with Crippen molar-refractivity contribution < 1.29 is 24.2 Å². The van der Waals surface area contributed by atoms with Gasteiger partial charge in [-0.3, -0.25) is 9.59 Å². The van der Waals surface area contributed by atoms with Gasteiger partial charge in [0, 0.05) is 12.1 Å². The van der Waals surface area contributed by atoms with Gasteiger partial charge in [-0.05, 0) is 76.7 Å². The highest BCUT2D eigenvalue weighted by Gasteiger charge is 2.46. The first-order chi connectivity index (χ1) is 17.2. The summed E-state index contributed by atoms with van der Waals surface area (Å²) in [6.07, 6.45) is 2.63. The Bertz CT molecular complexity index is 1140. The fourth-order valence-electron chi connectivity index (χ4n) is 4.45. The zero-order valence-electron chi connectivity index (χ0n) is 22.3. The Morgan fingerprint density at radius 2 is 1.81 bits per heavy atom. The number of ketones is 1. The molecule has 194 valence electrons. The predicted molar refractivity (Wildman–Crippen MR) is 141 cm³/mol. The first-order valence-corrected chi connectivity index (χ1v) is 12.5. The molecule has 0 radical (unpaired) electrons. The van der Waals surface area contributed by atoms with Crippen LogP contribution in [0.5, 0.6) is 11.5 Å². The van der Waals surface area contributed by atoms with Crippen molar-refractivity contribution >= 4 is 17.4 Å². The molecule has 36 heavy (non-hydrogen) atoms. The van der Waals surface area contributed by atoms with Gasteiger partial charge < -0.3 is 24.4 Å². The number of carbonyl (C=O) groups excluding carboxylic acids is 2. The second-order valence-electron chi connectivity index (χ2n) is 9.58. The first kappa shape index (κ1) is 27.3. The summed E-state index contributed by atoms with van der Waals surface area (Å²) in [5, 5.41) is 11.4. The SMILES string of the molecule is CCCCOc1ccc(C2/C(=C(\O)c3cc(C)ccc3C)C(=O)C(=O)N2CCCN(C)C)cc1OC. The molecule has 1 aliphatic heterocycles. The van der Waals surface area contributed by atoms with Crippen molar-refractivity contribution in [3.05, 3.63) is 64.2 Å². The summed E-state index contributed by atoms with van der Waals surface area (Å²) in [6.45, 7) is 7.62. The van der Waals surface area contributed by atoms with Gasteiger partial charge in [0.15, 0.2) is 11.5 Å². The lowest BCUT2D eigenvalue weighted by atomic mass is 9.93. The Morgan fingerprint density at radius 1 is 1.06 bits per heavy atom. The minimum absolute atomic E-state index is 0.0975. The van der Waals surface area contributed by atoms with Crippen LogP contribution in [0, 0.1) is 13.8 Å². The molecular formula is C29H38N2O5. The topological polar surface area (TPSA) is 79.3 Å². The van der Waals surface area contributed by atoms with E-state index >= 15 is 0 Å². The molecule has 2 aromatic rings. The van der Waals surface area contributed by atoms with Crippen LogP contribution in [-0.2, 0) is 9.59 Å². The number of amides is 1. The van der Waals surface area contributed by atoms with E-state index in [1.165, 1.54) is 0 Å². The molecule has 1 unspecified atom stereocenters. The number of Topliss-reactive ketones (excluding diaryl/α,β-unsaturated/α-hetero) is 1. The van der Waals surface area contributed by atoms with Crippen molar-refractivity contribution in [2.24, 2.45) is 0 Å². The van der Waals surface area contributed by atoms with Crippen molar-refractivity contribution in [3.8, 4) is 11.5 Å². The van der Waals surface area contributed by atoms with E-state index in [-0.39, 0.29) is 11.3 Å². The van der Waals surface area contributed by atoms with E-state index in [1.54, 1.807) is 18.1 Å². The molecular weight excluding hydrogens is 456 g/mol. The van der Waals surface area contributed by atoms with Crippen LogP contribution in [0.15, 0.2) is 42.0 Å². The molecule has 7 nitrogen and oxygen atoms in total. The van der Waals surface area contributed by atoms with Gasteiger partial charge in [0.2, 0.25) is 0 Å². The van der Waals surface area contributed by atoms with Gasteiger partial charge in [-0.2, -0.15) is 0 Å². The number of benzene rings is 2. The van der Waals surface area contributed by atoms with Crippen molar-refractivity contribution in [3.63, 3.8) is 0 Å². The Balaban J connectivity index is 2.13. The Labute approximate surface area is 214 Å². The number of ether oxygens (including phenoxy) is 2. The van der Waals surface area contributed by atoms with Gasteiger partial charge in [-0.15, -0.1) is 0 Å². The van der Waals surface area contributed by atoms with Gasteiger partial charge in [-0.25, -0.2) is 0 Å². The maximum Gasteiger partial charge on any atom is 0.295 e. The van der Waals surface area contributed by atoms with E-state index in [4.69, 9.17) is 9.47 Å². The molecule has 1 saturated heterocycles. The van der Waals surface area contributed by atoms with Crippen LogP contribution in [0.1, 0.15) is 54.5 Å². The molecule has 1 N–H and O–H groups in total. The van der Waals surface area contributed by atoms with E-state index < -0.39 is 17.7 Å². The standard InChI is InChI=1S/C29H38N2O5/c1-7-8-16-36-23-13-12-21(18-24(23)35-6)26-25(27(32)22-17-19(2)10-11-20(22)3)28(33)29(34)31(26)15-9-14-30(4)5/h10-13,17-18,26,32H,7-9,14-16H2,1-6H3/b27-25+. The van der Waals surface area contributed by atoms with Crippen molar-refractivity contribution in [2.45, 2.75) is 46.1 Å². The van der Waals surface area contributed by atoms with Gasteiger partial charge in [0.1, 0.15) is 5.76 Å².